The van der Waals surface area contributed by atoms with Gasteiger partial charge < -0.3 is 14.2 Å². The minimum Gasteiger partial charge on any atom is -0.454 e. The molecule has 3 heterocycles. The minimum absolute atomic E-state index is 0. The summed E-state index contributed by atoms with van der Waals surface area (Å²) in [6, 6.07) is 10.4. The van der Waals surface area contributed by atoms with Crippen molar-refractivity contribution in [3.05, 3.63) is 53.9 Å². The summed E-state index contributed by atoms with van der Waals surface area (Å²) >= 11 is 1.32. The van der Waals surface area contributed by atoms with Crippen molar-refractivity contribution in [3.63, 3.8) is 0 Å². The predicted molar refractivity (Wildman–Crippen MR) is 133 cm³/mol. The Kier molecular flexibility index (Phi) is 7.99. The summed E-state index contributed by atoms with van der Waals surface area (Å²) in [5, 5.41) is 0.498. The molecule has 1 aromatic heterocycles. The van der Waals surface area contributed by atoms with Crippen molar-refractivity contribution < 1.29 is 23.4 Å². The van der Waals surface area contributed by atoms with E-state index in [4.69, 9.17) is 14.2 Å². The third-order valence-corrected chi connectivity index (χ3v) is 6.67. The number of benzene rings is 2. The highest BCUT2D eigenvalue weighted by atomic mass is 35.5. The van der Waals surface area contributed by atoms with E-state index in [9.17, 15) is 9.18 Å². The number of morpholine rings is 1. The van der Waals surface area contributed by atoms with Crippen molar-refractivity contribution in [2.75, 3.05) is 51.1 Å². The number of hydrogen-bond acceptors (Lipinski definition) is 7. The van der Waals surface area contributed by atoms with E-state index >= 15 is 0 Å². The number of ether oxygens (including phenoxy) is 3. The van der Waals surface area contributed by atoms with Gasteiger partial charge in [0.15, 0.2) is 16.6 Å². The smallest absolute Gasteiger partial charge is 0.252 e. The van der Waals surface area contributed by atoms with Gasteiger partial charge in [0.1, 0.15) is 11.3 Å². The first-order valence-electron chi connectivity index (χ1n) is 10.9. The molecule has 0 saturated carbocycles. The number of anilines is 1. The molecule has 2 aliphatic rings. The lowest BCUT2D eigenvalue weighted by molar-refractivity contribution is -0.114. The molecular formula is C24H25ClFN3O4S. The van der Waals surface area contributed by atoms with Crippen LogP contribution < -0.4 is 14.4 Å². The van der Waals surface area contributed by atoms with Crippen LogP contribution in [0.5, 0.6) is 11.5 Å². The highest BCUT2D eigenvalue weighted by Gasteiger charge is 2.20. The van der Waals surface area contributed by atoms with Crippen LogP contribution in [-0.4, -0.2) is 62.0 Å². The molecule has 180 valence electrons. The topological polar surface area (TPSA) is 64.1 Å². The fraction of sp³-hybridized carbons (Fsp3) is 0.333. The Hall–Kier alpha value is -2.72. The van der Waals surface area contributed by atoms with E-state index in [2.05, 4.69) is 9.88 Å². The highest BCUT2D eigenvalue weighted by Crippen LogP contribution is 2.33. The number of para-hydroxylation sites is 1. The molecule has 1 amide bonds. The van der Waals surface area contributed by atoms with Gasteiger partial charge in [-0.1, -0.05) is 23.5 Å². The lowest BCUT2D eigenvalue weighted by atomic mass is 10.2. The van der Waals surface area contributed by atoms with Gasteiger partial charge in [-0.15, -0.1) is 12.4 Å². The average molecular weight is 506 g/mol. The summed E-state index contributed by atoms with van der Waals surface area (Å²) in [4.78, 5) is 21.6. The molecule has 0 aliphatic carbocycles. The van der Waals surface area contributed by atoms with Crippen LogP contribution in [0.25, 0.3) is 16.3 Å². The van der Waals surface area contributed by atoms with Crippen LogP contribution >= 0.6 is 23.7 Å². The predicted octanol–water partition coefficient (Wildman–Crippen LogP) is 4.35. The maximum Gasteiger partial charge on any atom is 0.252 e. The number of aromatic nitrogens is 1. The number of fused-ring (bicyclic) bond motifs is 2. The van der Waals surface area contributed by atoms with Gasteiger partial charge in [-0.05, 0) is 42.3 Å². The molecule has 34 heavy (non-hydrogen) atoms. The van der Waals surface area contributed by atoms with Crippen molar-refractivity contribution in [1.82, 2.24) is 9.88 Å². The molecule has 0 radical (unpaired) electrons. The van der Waals surface area contributed by atoms with Gasteiger partial charge in [0.2, 0.25) is 6.79 Å². The molecule has 7 nitrogen and oxygen atoms in total. The third-order valence-electron chi connectivity index (χ3n) is 5.63. The van der Waals surface area contributed by atoms with Gasteiger partial charge >= 0.3 is 0 Å². The van der Waals surface area contributed by atoms with Crippen molar-refractivity contribution in [1.29, 1.82) is 0 Å². The Bertz CT molecular complexity index is 1180. The van der Waals surface area contributed by atoms with Gasteiger partial charge in [-0.3, -0.25) is 14.6 Å². The summed E-state index contributed by atoms with van der Waals surface area (Å²) in [7, 11) is 0. The summed E-state index contributed by atoms with van der Waals surface area (Å²) < 4.78 is 31.1. The van der Waals surface area contributed by atoms with Gasteiger partial charge in [0, 0.05) is 32.3 Å². The second-order valence-electron chi connectivity index (χ2n) is 7.83. The Morgan fingerprint density at radius 2 is 2.00 bits per heavy atom. The van der Waals surface area contributed by atoms with E-state index in [1.165, 1.54) is 23.5 Å². The molecule has 0 unspecified atom stereocenters. The van der Waals surface area contributed by atoms with Crippen LogP contribution in [0.2, 0.25) is 0 Å². The molecule has 1 saturated heterocycles. The first-order valence-corrected chi connectivity index (χ1v) is 11.7. The fourth-order valence-electron chi connectivity index (χ4n) is 3.87. The fourth-order valence-corrected chi connectivity index (χ4v) is 4.88. The number of hydrogen-bond donors (Lipinski definition) is 0. The van der Waals surface area contributed by atoms with Gasteiger partial charge in [-0.2, -0.15) is 0 Å². The molecule has 0 N–H and O–H groups in total. The second kappa shape index (κ2) is 11.1. The summed E-state index contributed by atoms with van der Waals surface area (Å²) in [6.45, 7) is 4.80. The van der Waals surface area contributed by atoms with E-state index in [1.54, 1.807) is 17.0 Å². The van der Waals surface area contributed by atoms with Gasteiger partial charge in [0.05, 0.1) is 17.9 Å². The third kappa shape index (κ3) is 5.50. The second-order valence-corrected chi connectivity index (χ2v) is 8.84. The Morgan fingerprint density at radius 1 is 1.18 bits per heavy atom. The number of thiazole rings is 1. The minimum atomic E-state index is -0.383. The molecule has 3 aromatic rings. The standard InChI is InChI=1S/C24H24FN3O4S.ClH/c25-18-3-1-4-21-23(18)26-24(33-21)28(10-2-9-27-11-13-30-14-12-27)22(29)8-6-17-5-7-19-20(15-17)32-16-31-19;/h1,3-8,15H,2,9-14,16H2;1H/b8-6+;. The van der Waals surface area contributed by atoms with Crippen molar-refractivity contribution >= 4 is 51.1 Å². The van der Waals surface area contributed by atoms with E-state index in [0.29, 0.717) is 28.7 Å². The largest absolute Gasteiger partial charge is 0.454 e. The Labute approximate surface area is 207 Å². The van der Waals surface area contributed by atoms with E-state index in [-0.39, 0.29) is 30.9 Å². The van der Waals surface area contributed by atoms with Crippen LogP contribution in [0, 0.1) is 5.82 Å². The quantitative estimate of drug-likeness (QED) is 0.445. The number of carbonyl (C=O) groups excluding carboxylic acids is 1. The average Bonchev–Trinajstić information content (AvgIpc) is 3.48. The van der Waals surface area contributed by atoms with Crippen molar-refractivity contribution in [3.8, 4) is 11.5 Å². The summed E-state index contributed by atoms with van der Waals surface area (Å²) in [6.07, 6.45) is 4.05. The first-order chi connectivity index (χ1) is 16.2. The molecule has 2 aromatic carbocycles. The van der Waals surface area contributed by atoms with E-state index in [1.807, 2.05) is 24.3 Å². The van der Waals surface area contributed by atoms with E-state index < -0.39 is 0 Å². The zero-order valence-electron chi connectivity index (χ0n) is 18.4. The molecule has 0 spiro atoms. The van der Waals surface area contributed by atoms with Crippen LogP contribution in [0.15, 0.2) is 42.5 Å². The first kappa shape index (κ1) is 24.4. The lowest BCUT2D eigenvalue weighted by Gasteiger charge is -2.27. The number of halogens is 2. The molecule has 0 atom stereocenters. The Morgan fingerprint density at radius 3 is 2.82 bits per heavy atom. The highest BCUT2D eigenvalue weighted by molar-refractivity contribution is 7.22. The van der Waals surface area contributed by atoms with Crippen molar-refractivity contribution in [2.45, 2.75) is 6.42 Å². The molecule has 1 fully saturated rings. The zero-order valence-corrected chi connectivity index (χ0v) is 20.1. The molecule has 5 rings (SSSR count). The normalized spacial score (nSPS) is 15.6. The molecule has 10 heteroatoms. The maximum atomic E-state index is 14.2. The van der Waals surface area contributed by atoms with Crippen molar-refractivity contribution in [2.24, 2.45) is 0 Å². The number of amides is 1. The van der Waals surface area contributed by atoms with Gasteiger partial charge in [0.25, 0.3) is 5.91 Å². The maximum absolute atomic E-state index is 14.2. The van der Waals surface area contributed by atoms with Crippen LogP contribution in [0.4, 0.5) is 9.52 Å². The Balaban J connectivity index is 0.00000274. The number of carbonyl (C=O) groups is 1. The monoisotopic (exact) mass is 505 g/mol. The van der Waals surface area contributed by atoms with E-state index in [0.717, 1.165) is 49.5 Å². The SMILES string of the molecule is Cl.O=C(/C=C/c1ccc2c(c1)OCO2)N(CCCN1CCOCC1)c1nc2c(F)cccc2s1. The summed E-state index contributed by atoms with van der Waals surface area (Å²) in [5.41, 5.74) is 1.12. The zero-order chi connectivity index (χ0) is 22.6. The van der Waals surface area contributed by atoms with Crippen LogP contribution in [0.3, 0.4) is 0 Å². The lowest BCUT2D eigenvalue weighted by Crippen LogP contribution is -2.39. The summed E-state index contributed by atoms with van der Waals surface area (Å²) in [5.74, 6) is 0.772. The number of nitrogens with zero attached hydrogens (tertiary/aromatic N) is 3. The molecule has 2 aliphatic heterocycles. The molecular weight excluding hydrogens is 481 g/mol. The van der Waals surface area contributed by atoms with Gasteiger partial charge in [-0.25, -0.2) is 9.37 Å². The number of rotatable bonds is 7. The van der Waals surface area contributed by atoms with Crippen LogP contribution in [0.1, 0.15) is 12.0 Å². The van der Waals surface area contributed by atoms with Crippen LogP contribution in [-0.2, 0) is 9.53 Å². The molecule has 0 bridgehead atoms.